The topological polar surface area (TPSA) is 0 Å². The highest BCUT2D eigenvalue weighted by Crippen LogP contribution is 2.06. The number of rotatable bonds is 1. The van der Waals surface area contributed by atoms with Crippen molar-refractivity contribution in [2.24, 2.45) is 0 Å². The highest BCUT2D eigenvalue weighted by molar-refractivity contribution is 6.69. The molecule has 0 aliphatic rings. The molecule has 2 rings (SSSR count). The quantitative estimate of drug-likeness (QED) is 0.429. The number of hydrogen-bond donors (Lipinski definition) is 0. The fourth-order valence-corrected chi connectivity index (χ4v) is 2.05. The summed E-state index contributed by atoms with van der Waals surface area (Å²) in [5, 5.41) is 0. The lowest BCUT2D eigenvalue weighted by Crippen LogP contribution is -2.56. The third kappa shape index (κ3) is 2.24. The summed E-state index contributed by atoms with van der Waals surface area (Å²) in [4.78, 5) is 0. The largest absolute Gasteiger partial charge is 0.114 e. The van der Waals surface area contributed by atoms with Gasteiger partial charge < -0.3 is 0 Å². The fraction of sp³-hybridized carbons (Fsp3) is 0. The van der Waals surface area contributed by atoms with Crippen LogP contribution in [0.25, 0.3) is 11.1 Å². The van der Waals surface area contributed by atoms with E-state index in [1.54, 1.807) is 12.1 Å². The summed E-state index contributed by atoms with van der Waals surface area (Å²) in [7, 11) is 47.0. The van der Waals surface area contributed by atoms with Crippen LogP contribution < -0.4 is 43.7 Å². The molecule has 0 atom stereocenters. The van der Waals surface area contributed by atoms with E-state index in [-0.39, 0.29) is 32.8 Å². The van der Waals surface area contributed by atoms with E-state index in [1.165, 1.54) is 0 Å². The SMILES string of the molecule is [B]c1ccc([B])c(-c2c([B])c([B])c([B])c([B])c2[B])c1[B]. The molecule has 74 valence electrons. The van der Waals surface area contributed by atoms with Gasteiger partial charge in [0.15, 0.2) is 0 Å². The molecule has 0 aliphatic carbocycles. The molecule has 0 bridgehead atoms. The first-order valence-corrected chi connectivity index (χ1v) is 5.72. The second-order valence-corrected chi connectivity index (χ2v) is 4.48. The van der Waals surface area contributed by atoms with Crippen LogP contribution in [0.2, 0.25) is 0 Å². The van der Waals surface area contributed by atoms with Crippen LogP contribution in [0.3, 0.4) is 0 Å². The maximum atomic E-state index is 5.98. The van der Waals surface area contributed by atoms with Gasteiger partial charge in [0, 0.05) is 0 Å². The molecule has 0 amide bonds. The molecule has 0 fully saturated rings. The van der Waals surface area contributed by atoms with E-state index < -0.39 is 0 Å². The molecular weight excluding hydrogens is 231 g/mol. The maximum absolute atomic E-state index is 5.98. The minimum Gasteiger partial charge on any atom is -0.112 e. The van der Waals surface area contributed by atoms with E-state index in [4.69, 9.17) is 62.8 Å². The van der Waals surface area contributed by atoms with E-state index >= 15 is 0 Å². The van der Waals surface area contributed by atoms with Crippen molar-refractivity contribution in [1.29, 1.82) is 0 Å². The van der Waals surface area contributed by atoms with Crippen molar-refractivity contribution < 1.29 is 0 Å². The molecule has 0 nitrogen and oxygen atoms in total. The second-order valence-electron chi connectivity index (χ2n) is 4.48. The fourth-order valence-electron chi connectivity index (χ4n) is 2.05. The first kappa shape index (κ1) is 15.4. The van der Waals surface area contributed by atoms with Gasteiger partial charge in [0.1, 0.15) is 62.8 Å². The van der Waals surface area contributed by atoms with E-state index in [0.717, 1.165) is 0 Å². The van der Waals surface area contributed by atoms with Gasteiger partial charge in [0.05, 0.1) is 0 Å². The molecule has 2 aromatic carbocycles. The molecule has 0 N–H and O–H groups in total. The van der Waals surface area contributed by atoms with Crippen LogP contribution in [-0.4, -0.2) is 62.8 Å². The molecule has 0 aromatic heterocycles. The Morgan fingerprint density at radius 2 is 0.800 bits per heavy atom. The van der Waals surface area contributed by atoms with Crippen LogP contribution in [0.5, 0.6) is 0 Å². The Morgan fingerprint density at radius 3 is 1.30 bits per heavy atom. The lowest BCUT2D eigenvalue weighted by molar-refractivity contribution is 1.84. The van der Waals surface area contributed by atoms with E-state index in [0.29, 0.717) is 22.1 Å². The van der Waals surface area contributed by atoms with Gasteiger partial charge in [-0.1, -0.05) is 34.0 Å². The van der Waals surface area contributed by atoms with Crippen molar-refractivity contribution in [2.75, 3.05) is 0 Å². The van der Waals surface area contributed by atoms with Gasteiger partial charge in [-0.15, -0.1) is 21.9 Å². The number of benzene rings is 2. The molecular formula is C12H2B8. The normalized spacial score (nSPS) is 10.6. The van der Waals surface area contributed by atoms with E-state index in [1.807, 2.05) is 0 Å². The van der Waals surface area contributed by atoms with Gasteiger partial charge in [0.2, 0.25) is 0 Å². The van der Waals surface area contributed by atoms with Gasteiger partial charge in [-0.3, -0.25) is 0 Å². The highest BCUT2D eigenvalue weighted by atomic mass is 14.1. The van der Waals surface area contributed by atoms with Gasteiger partial charge in [-0.05, 0) is 11.1 Å². The lowest BCUT2D eigenvalue weighted by Gasteiger charge is -2.25. The summed E-state index contributed by atoms with van der Waals surface area (Å²) < 4.78 is 0. The highest BCUT2D eigenvalue weighted by Gasteiger charge is 2.15. The molecule has 20 heavy (non-hydrogen) atoms. The Morgan fingerprint density at radius 1 is 0.400 bits per heavy atom. The van der Waals surface area contributed by atoms with Crippen LogP contribution in [0.1, 0.15) is 0 Å². The third-order valence-electron chi connectivity index (χ3n) is 3.26. The summed E-state index contributed by atoms with van der Waals surface area (Å²) in [6.45, 7) is 0. The average Bonchev–Trinajstić information content (AvgIpc) is 2.42. The summed E-state index contributed by atoms with van der Waals surface area (Å²) >= 11 is 0. The summed E-state index contributed by atoms with van der Waals surface area (Å²) in [6, 6.07) is 3.19. The molecule has 0 spiro atoms. The van der Waals surface area contributed by atoms with Crippen LogP contribution in [0.15, 0.2) is 12.1 Å². The van der Waals surface area contributed by atoms with Gasteiger partial charge in [0.25, 0.3) is 0 Å². The van der Waals surface area contributed by atoms with Crippen LogP contribution in [0.4, 0.5) is 0 Å². The van der Waals surface area contributed by atoms with Crippen molar-refractivity contribution >= 4 is 106 Å². The van der Waals surface area contributed by atoms with Crippen molar-refractivity contribution in [3.8, 4) is 11.1 Å². The summed E-state index contributed by atoms with van der Waals surface area (Å²) in [5.41, 5.74) is 2.43. The Labute approximate surface area is 130 Å². The van der Waals surface area contributed by atoms with Gasteiger partial charge in [-0.2, -0.15) is 0 Å². The molecule has 0 aliphatic heterocycles. The van der Waals surface area contributed by atoms with Crippen molar-refractivity contribution in [1.82, 2.24) is 0 Å². The maximum Gasteiger partial charge on any atom is 0.114 e. The zero-order valence-electron chi connectivity index (χ0n) is 10.8. The van der Waals surface area contributed by atoms with Gasteiger partial charge in [-0.25, -0.2) is 0 Å². The summed E-state index contributed by atoms with van der Waals surface area (Å²) in [5.74, 6) is 0. The van der Waals surface area contributed by atoms with E-state index in [2.05, 4.69) is 0 Å². The number of hydrogen-bond acceptors (Lipinski definition) is 0. The summed E-state index contributed by atoms with van der Waals surface area (Å²) in [6.07, 6.45) is 0. The zero-order chi connectivity index (χ0) is 15.2. The Balaban J connectivity index is 2.95. The zero-order valence-corrected chi connectivity index (χ0v) is 10.8. The van der Waals surface area contributed by atoms with Crippen LogP contribution in [0, 0.1) is 0 Å². The Kier molecular flexibility index (Phi) is 4.14. The minimum absolute atomic E-state index is 0.129. The molecule has 0 saturated heterocycles. The molecule has 16 radical (unpaired) electrons. The molecule has 8 heteroatoms. The third-order valence-corrected chi connectivity index (χ3v) is 3.26. The lowest BCUT2D eigenvalue weighted by atomic mass is 9.58. The van der Waals surface area contributed by atoms with Gasteiger partial charge >= 0.3 is 0 Å². The van der Waals surface area contributed by atoms with Crippen LogP contribution in [-0.2, 0) is 0 Å². The standard InChI is InChI=1S/C12H2B8/c13-3-1-2-4(14)7(15)5(3)6-8(16)10(18)12(20)11(19)9(6)17/h1-2H. The smallest absolute Gasteiger partial charge is 0.112 e. The molecule has 0 unspecified atom stereocenters. The predicted molar refractivity (Wildman–Crippen MR) is 95.0 cm³/mol. The van der Waals surface area contributed by atoms with Crippen molar-refractivity contribution in [2.45, 2.75) is 0 Å². The average molecular weight is 233 g/mol. The monoisotopic (exact) mass is 234 g/mol. The van der Waals surface area contributed by atoms with Crippen LogP contribution >= 0.6 is 0 Å². The first-order chi connectivity index (χ1) is 9.27. The minimum atomic E-state index is 0.129. The Hall–Kier alpha value is -1.04. The van der Waals surface area contributed by atoms with E-state index in [9.17, 15) is 0 Å². The molecule has 2 aromatic rings. The first-order valence-electron chi connectivity index (χ1n) is 5.72. The molecule has 0 heterocycles. The second kappa shape index (κ2) is 5.39. The Bertz CT molecular complexity index is 678. The van der Waals surface area contributed by atoms with Crippen molar-refractivity contribution in [3.05, 3.63) is 12.1 Å². The predicted octanol–water partition coefficient (Wildman–Crippen LogP) is -6.30. The van der Waals surface area contributed by atoms with Crippen molar-refractivity contribution in [3.63, 3.8) is 0 Å². The molecule has 0 saturated carbocycles.